The second kappa shape index (κ2) is 6.91. The van der Waals surface area contributed by atoms with Crippen molar-refractivity contribution >= 4 is 5.91 Å². The van der Waals surface area contributed by atoms with Crippen LogP contribution in [0.2, 0.25) is 0 Å². The molecule has 0 aliphatic carbocycles. The lowest BCUT2D eigenvalue weighted by molar-refractivity contribution is -0.126. The fourth-order valence-corrected chi connectivity index (χ4v) is 2.90. The highest BCUT2D eigenvalue weighted by atomic mass is 16.5. The van der Waals surface area contributed by atoms with Crippen LogP contribution >= 0.6 is 0 Å². The SMILES string of the molecule is Cc1noc(CCNC(=O)[C@@H](C)N2CCc3ccccc3C2)n1. The van der Waals surface area contributed by atoms with Gasteiger partial charge in [0.05, 0.1) is 6.04 Å². The van der Waals surface area contributed by atoms with Crippen LogP contribution in [0.25, 0.3) is 0 Å². The van der Waals surface area contributed by atoms with E-state index in [4.69, 9.17) is 4.52 Å². The van der Waals surface area contributed by atoms with Crippen LogP contribution in [0, 0.1) is 6.92 Å². The first-order chi connectivity index (χ1) is 11.1. The van der Waals surface area contributed by atoms with Crippen LogP contribution in [0.5, 0.6) is 0 Å². The van der Waals surface area contributed by atoms with Gasteiger partial charge in [0, 0.05) is 26.1 Å². The first-order valence-electron chi connectivity index (χ1n) is 8.01. The number of amides is 1. The Labute approximate surface area is 135 Å². The molecule has 2 aromatic rings. The van der Waals surface area contributed by atoms with Crippen LogP contribution in [-0.4, -0.2) is 40.1 Å². The lowest BCUT2D eigenvalue weighted by Crippen LogP contribution is -2.47. The van der Waals surface area contributed by atoms with Crippen LogP contribution in [0.15, 0.2) is 28.8 Å². The van der Waals surface area contributed by atoms with Crippen LogP contribution in [0.4, 0.5) is 0 Å². The van der Waals surface area contributed by atoms with Crippen molar-refractivity contribution in [1.29, 1.82) is 0 Å². The maximum atomic E-state index is 12.3. The molecule has 0 fully saturated rings. The molecule has 1 N–H and O–H groups in total. The first-order valence-corrected chi connectivity index (χ1v) is 8.01. The molecule has 0 unspecified atom stereocenters. The standard InChI is InChI=1S/C17H22N4O2/c1-12(17(22)18-9-7-16-19-13(2)20-23-16)21-10-8-14-5-3-4-6-15(14)11-21/h3-6,12H,7-11H2,1-2H3,(H,18,22)/t12-/m1/s1. The normalized spacial score (nSPS) is 15.9. The summed E-state index contributed by atoms with van der Waals surface area (Å²) in [5.41, 5.74) is 2.71. The van der Waals surface area contributed by atoms with E-state index in [1.165, 1.54) is 11.1 Å². The smallest absolute Gasteiger partial charge is 0.237 e. The van der Waals surface area contributed by atoms with Crippen molar-refractivity contribution in [2.24, 2.45) is 0 Å². The molecule has 6 nitrogen and oxygen atoms in total. The molecule has 2 heterocycles. The van der Waals surface area contributed by atoms with Crippen LogP contribution in [0.3, 0.4) is 0 Å². The summed E-state index contributed by atoms with van der Waals surface area (Å²) in [4.78, 5) is 18.7. The second-order valence-electron chi connectivity index (χ2n) is 5.94. The Kier molecular flexibility index (Phi) is 4.71. The van der Waals surface area contributed by atoms with Gasteiger partial charge in [-0.25, -0.2) is 0 Å². The van der Waals surface area contributed by atoms with E-state index in [9.17, 15) is 4.79 Å². The first kappa shape index (κ1) is 15.7. The molecule has 1 aromatic carbocycles. The summed E-state index contributed by atoms with van der Waals surface area (Å²) in [7, 11) is 0. The van der Waals surface area contributed by atoms with E-state index in [1.807, 2.05) is 6.92 Å². The number of rotatable bonds is 5. The summed E-state index contributed by atoms with van der Waals surface area (Å²) in [5, 5.41) is 6.69. The van der Waals surface area contributed by atoms with Crippen LogP contribution < -0.4 is 5.32 Å². The van der Waals surface area contributed by atoms with Gasteiger partial charge in [-0.15, -0.1) is 0 Å². The highest BCUT2D eigenvalue weighted by Crippen LogP contribution is 2.20. The van der Waals surface area contributed by atoms with Crippen molar-refractivity contribution in [2.75, 3.05) is 13.1 Å². The van der Waals surface area contributed by atoms with Crippen molar-refractivity contribution in [3.63, 3.8) is 0 Å². The predicted molar refractivity (Wildman–Crippen MR) is 85.8 cm³/mol. The molecule has 0 bridgehead atoms. The molecule has 1 atom stereocenters. The lowest BCUT2D eigenvalue weighted by Gasteiger charge is -2.32. The number of benzene rings is 1. The zero-order chi connectivity index (χ0) is 16.2. The van der Waals surface area contributed by atoms with Crippen molar-refractivity contribution in [1.82, 2.24) is 20.4 Å². The van der Waals surface area contributed by atoms with E-state index < -0.39 is 0 Å². The number of aromatic nitrogens is 2. The van der Waals surface area contributed by atoms with E-state index in [-0.39, 0.29) is 11.9 Å². The molecule has 0 saturated heterocycles. The third-order valence-corrected chi connectivity index (χ3v) is 4.30. The Morgan fingerprint density at radius 1 is 1.39 bits per heavy atom. The second-order valence-corrected chi connectivity index (χ2v) is 5.94. The number of fused-ring (bicyclic) bond motifs is 1. The van der Waals surface area contributed by atoms with Crippen LogP contribution in [0.1, 0.15) is 29.8 Å². The summed E-state index contributed by atoms with van der Waals surface area (Å²) >= 11 is 0. The third kappa shape index (κ3) is 3.76. The van der Waals surface area contributed by atoms with Crippen molar-refractivity contribution in [3.05, 3.63) is 47.1 Å². The van der Waals surface area contributed by atoms with Crippen molar-refractivity contribution in [3.8, 4) is 0 Å². The van der Waals surface area contributed by atoms with E-state index >= 15 is 0 Å². The fraction of sp³-hybridized carbons (Fsp3) is 0.471. The van der Waals surface area contributed by atoms with Gasteiger partial charge >= 0.3 is 0 Å². The minimum absolute atomic E-state index is 0.0422. The maximum Gasteiger partial charge on any atom is 0.237 e. The quantitative estimate of drug-likeness (QED) is 0.905. The van der Waals surface area contributed by atoms with Gasteiger partial charge in [0.1, 0.15) is 0 Å². The molecule has 23 heavy (non-hydrogen) atoms. The van der Waals surface area contributed by atoms with Crippen molar-refractivity contribution in [2.45, 2.75) is 39.3 Å². The zero-order valence-electron chi connectivity index (χ0n) is 13.6. The van der Waals surface area contributed by atoms with Gasteiger partial charge in [-0.05, 0) is 31.4 Å². The highest BCUT2D eigenvalue weighted by Gasteiger charge is 2.24. The molecule has 122 valence electrons. The Hall–Kier alpha value is -2.21. The van der Waals surface area contributed by atoms with E-state index in [1.54, 1.807) is 6.92 Å². The van der Waals surface area contributed by atoms with Gasteiger partial charge in [-0.3, -0.25) is 9.69 Å². The number of hydrogen-bond donors (Lipinski definition) is 1. The largest absolute Gasteiger partial charge is 0.354 e. The summed E-state index contributed by atoms with van der Waals surface area (Å²) in [6.45, 7) is 5.99. The summed E-state index contributed by atoms with van der Waals surface area (Å²) in [5.74, 6) is 1.22. The Balaban J connectivity index is 1.50. The van der Waals surface area contributed by atoms with Gasteiger partial charge in [0.2, 0.25) is 11.8 Å². The zero-order valence-corrected chi connectivity index (χ0v) is 13.6. The van der Waals surface area contributed by atoms with Gasteiger partial charge in [0.15, 0.2) is 5.82 Å². The van der Waals surface area contributed by atoms with E-state index in [0.29, 0.717) is 24.7 Å². The predicted octanol–water partition coefficient (Wildman–Crippen LogP) is 1.48. The minimum atomic E-state index is -0.146. The summed E-state index contributed by atoms with van der Waals surface area (Å²) in [6.07, 6.45) is 1.55. The molecular formula is C17H22N4O2. The molecule has 0 radical (unpaired) electrons. The van der Waals surface area contributed by atoms with E-state index in [0.717, 1.165) is 19.5 Å². The lowest BCUT2D eigenvalue weighted by atomic mass is 9.99. The monoisotopic (exact) mass is 314 g/mol. The fourth-order valence-electron chi connectivity index (χ4n) is 2.90. The number of aryl methyl sites for hydroxylation is 1. The van der Waals surface area contributed by atoms with E-state index in [2.05, 4.69) is 44.6 Å². The molecule has 1 amide bonds. The van der Waals surface area contributed by atoms with Gasteiger partial charge in [-0.2, -0.15) is 4.98 Å². The summed E-state index contributed by atoms with van der Waals surface area (Å²) in [6, 6.07) is 8.30. The molecule has 1 aliphatic rings. The maximum absolute atomic E-state index is 12.3. The molecule has 0 spiro atoms. The molecule has 1 aliphatic heterocycles. The Bertz CT molecular complexity index is 683. The number of carbonyl (C=O) groups is 1. The minimum Gasteiger partial charge on any atom is -0.354 e. The molecule has 1 aromatic heterocycles. The topological polar surface area (TPSA) is 71.3 Å². The number of nitrogens with zero attached hydrogens (tertiary/aromatic N) is 3. The molecule has 0 saturated carbocycles. The Morgan fingerprint density at radius 2 is 2.17 bits per heavy atom. The Morgan fingerprint density at radius 3 is 2.91 bits per heavy atom. The van der Waals surface area contributed by atoms with Crippen LogP contribution in [-0.2, 0) is 24.2 Å². The highest BCUT2D eigenvalue weighted by molar-refractivity contribution is 5.81. The average molecular weight is 314 g/mol. The van der Waals surface area contributed by atoms with Gasteiger partial charge < -0.3 is 9.84 Å². The third-order valence-electron chi connectivity index (χ3n) is 4.30. The number of hydrogen-bond acceptors (Lipinski definition) is 5. The van der Waals surface area contributed by atoms with Gasteiger partial charge in [0.25, 0.3) is 0 Å². The number of nitrogens with one attached hydrogen (secondary N) is 1. The van der Waals surface area contributed by atoms with Crippen molar-refractivity contribution < 1.29 is 9.32 Å². The summed E-state index contributed by atoms with van der Waals surface area (Å²) < 4.78 is 5.04. The molecule has 3 rings (SSSR count). The molecular weight excluding hydrogens is 292 g/mol. The van der Waals surface area contributed by atoms with Gasteiger partial charge in [-0.1, -0.05) is 29.4 Å². The molecule has 6 heteroatoms. The number of carbonyl (C=O) groups excluding carboxylic acids is 1. The average Bonchev–Trinajstić information content (AvgIpc) is 2.99.